The normalized spacial score (nSPS) is 14.5. The maximum Gasteiger partial charge on any atom is 0.410 e. The van der Waals surface area contributed by atoms with Gasteiger partial charge in [0.1, 0.15) is 5.60 Å². The highest BCUT2D eigenvalue weighted by Crippen LogP contribution is 2.31. The van der Waals surface area contributed by atoms with E-state index in [1.54, 1.807) is 4.90 Å². The Labute approximate surface area is 147 Å². The number of rotatable bonds is 1. The fourth-order valence-electron chi connectivity index (χ4n) is 2.81. The van der Waals surface area contributed by atoms with Crippen molar-refractivity contribution < 1.29 is 9.53 Å². The predicted octanol–water partition coefficient (Wildman–Crippen LogP) is 4.33. The van der Waals surface area contributed by atoms with Crippen LogP contribution in [0.15, 0.2) is 18.2 Å². The molecule has 0 spiro atoms. The third-order valence-corrected chi connectivity index (χ3v) is 4.44. The van der Waals surface area contributed by atoms with Crippen LogP contribution >= 0.6 is 11.6 Å². The van der Waals surface area contributed by atoms with Crippen LogP contribution < -0.4 is 0 Å². The second-order valence-electron chi connectivity index (χ2n) is 7.15. The maximum absolute atomic E-state index is 12.3. The monoisotopic (exact) mass is 347 g/mol. The molecule has 0 fully saturated rings. The van der Waals surface area contributed by atoms with Gasteiger partial charge in [-0.05, 0) is 45.4 Å². The van der Waals surface area contributed by atoms with E-state index in [2.05, 4.69) is 10.2 Å². The minimum Gasteiger partial charge on any atom is -0.444 e. The van der Waals surface area contributed by atoms with Gasteiger partial charge in [0.2, 0.25) is 0 Å². The van der Waals surface area contributed by atoms with Crippen molar-refractivity contribution in [1.29, 1.82) is 0 Å². The predicted molar refractivity (Wildman–Crippen MR) is 94.1 cm³/mol. The summed E-state index contributed by atoms with van der Waals surface area (Å²) >= 11 is 6.11. The van der Waals surface area contributed by atoms with Crippen LogP contribution in [-0.2, 0) is 17.7 Å². The van der Waals surface area contributed by atoms with Crippen LogP contribution in [0, 0.1) is 6.92 Å². The van der Waals surface area contributed by atoms with E-state index in [0.717, 1.165) is 39.5 Å². The van der Waals surface area contributed by atoms with Gasteiger partial charge in [0.25, 0.3) is 0 Å². The summed E-state index contributed by atoms with van der Waals surface area (Å²) in [7, 11) is 0. The lowest BCUT2D eigenvalue weighted by atomic mass is 10.00. The minimum absolute atomic E-state index is 0.285. The number of hydrogen-bond acceptors (Lipinski definition) is 3. The molecule has 0 atom stereocenters. The standard InChI is InChI=1S/C18H22ClN3O2/c1-11-9-12(5-6-14(11)19)16-13-10-22(8-7-15(13)20-21-16)17(23)24-18(2,3)4/h5-6,9H,7-8,10H2,1-4H3,(H,20,21). The van der Waals surface area contributed by atoms with Gasteiger partial charge in [0.15, 0.2) is 0 Å². The Morgan fingerprint density at radius 3 is 2.79 bits per heavy atom. The molecule has 1 aliphatic heterocycles. The van der Waals surface area contributed by atoms with Crippen molar-refractivity contribution in [2.45, 2.75) is 46.3 Å². The fraction of sp³-hybridized carbons (Fsp3) is 0.444. The smallest absolute Gasteiger partial charge is 0.410 e. The van der Waals surface area contributed by atoms with E-state index in [1.807, 2.05) is 45.9 Å². The van der Waals surface area contributed by atoms with Crippen LogP contribution in [0.5, 0.6) is 0 Å². The van der Waals surface area contributed by atoms with Crippen LogP contribution in [-0.4, -0.2) is 33.3 Å². The molecule has 3 rings (SSSR count). The Hall–Kier alpha value is -2.01. The number of benzene rings is 1. The number of nitrogens with zero attached hydrogens (tertiary/aromatic N) is 2. The third-order valence-electron chi connectivity index (χ3n) is 4.02. The summed E-state index contributed by atoms with van der Waals surface area (Å²) in [4.78, 5) is 14.1. The maximum atomic E-state index is 12.3. The molecule has 0 bridgehead atoms. The first-order chi connectivity index (χ1) is 11.2. The average Bonchev–Trinajstić information content (AvgIpc) is 2.91. The van der Waals surface area contributed by atoms with E-state index < -0.39 is 5.60 Å². The van der Waals surface area contributed by atoms with Crippen LogP contribution in [0.25, 0.3) is 11.3 Å². The Morgan fingerprint density at radius 2 is 2.12 bits per heavy atom. The number of nitrogens with one attached hydrogen (secondary N) is 1. The molecular weight excluding hydrogens is 326 g/mol. The molecule has 1 aromatic carbocycles. The van der Waals surface area contributed by atoms with Gasteiger partial charge in [0.05, 0.1) is 12.2 Å². The van der Waals surface area contributed by atoms with Gasteiger partial charge in [-0.1, -0.05) is 17.7 Å². The van der Waals surface area contributed by atoms with Gasteiger partial charge in [-0.3, -0.25) is 5.10 Å². The fourth-order valence-corrected chi connectivity index (χ4v) is 2.93. The first-order valence-corrected chi connectivity index (χ1v) is 8.43. The van der Waals surface area contributed by atoms with Crippen LogP contribution in [0.4, 0.5) is 4.79 Å². The van der Waals surface area contributed by atoms with Crippen molar-refractivity contribution in [2.75, 3.05) is 6.54 Å². The summed E-state index contributed by atoms with van der Waals surface area (Å²) in [5.74, 6) is 0. The summed E-state index contributed by atoms with van der Waals surface area (Å²) in [5.41, 5.74) is 4.51. The number of aryl methyl sites for hydroxylation is 1. The Morgan fingerprint density at radius 1 is 1.38 bits per heavy atom. The molecule has 1 aromatic heterocycles. The number of aromatic amines is 1. The van der Waals surface area contributed by atoms with Gasteiger partial charge >= 0.3 is 6.09 Å². The molecule has 0 unspecified atom stereocenters. The molecular formula is C18H22ClN3O2. The van der Waals surface area contributed by atoms with E-state index in [1.165, 1.54) is 0 Å². The number of amides is 1. The summed E-state index contributed by atoms with van der Waals surface area (Å²) in [6.45, 7) is 8.72. The lowest BCUT2D eigenvalue weighted by Crippen LogP contribution is -2.39. The second-order valence-corrected chi connectivity index (χ2v) is 7.55. The molecule has 0 aliphatic carbocycles. The lowest BCUT2D eigenvalue weighted by Gasteiger charge is -2.30. The molecule has 2 aromatic rings. The van der Waals surface area contributed by atoms with Crippen molar-refractivity contribution in [3.8, 4) is 11.3 Å². The van der Waals surface area contributed by atoms with Crippen LogP contribution in [0.1, 0.15) is 37.6 Å². The molecule has 24 heavy (non-hydrogen) atoms. The van der Waals surface area contributed by atoms with Gasteiger partial charge < -0.3 is 9.64 Å². The number of H-pyrrole nitrogens is 1. The van der Waals surface area contributed by atoms with Gasteiger partial charge in [-0.15, -0.1) is 0 Å². The van der Waals surface area contributed by atoms with Crippen molar-refractivity contribution >= 4 is 17.7 Å². The molecule has 0 saturated heterocycles. The minimum atomic E-state index is -0.496. The SMILES string of the molecule is Cc1cc(-c2n[nH]c3c2CN(C(=O)OC(C)(C)C)CC3)ccc1Cl. The zero-order valence-corrected chi connectivity index (χ0v) is 15.2. The van der Waals surface area contributed by atoms with E-state index in [4.69, 9.17) is 16.3 Å². The third kappa shape index (κ3) is 3.41. The molecule has 1 aliphatic rings. The average molecular weight is 348 g/mol. The highest BCUT2D eigenvalue weighted by Gasteiger charge is 2.28. The molecule has 128 valence electrons. The van der Waals surface area contributed by atoms with E-state index >= 15 is 0 Å². The zero-order valence-electron chi connectivity index (χ0n) is 14.4. The number of fused-ring (bicyclic) bond motifs is 1. The molecule has 2 heterocycles. The highest BCUT2D eigenvalue weighted by atomic mass is 35.5. The highest BCUT2D eigenvalue weighted by molar-refractivity contribution is 6.31. The van der Waals surface area contributed by atoms with Crippen molar-refractivity contribution in [2.24, 2.45) is 0 Å². The van der Waals surface area contributed by atoms with Crippen molar-refractivity contribution in [3.05, 3.63) is 40.0 Å². The lowest BCUT2D eigenvalue weighted by molar-refractivity contribution is 0.0224. The number of carbonyl (C=O) groups is 1. The zero-order chi connectivity index (χ0) is 17.5. The Bertz CT molecular complexity index is 777. The van der Waals surface area contributed by atoms with Crippen molar-refractivity contribution in [1.82, 2.24) is 15.1 Å². The number of ether oxygens (including phenoxy) is 1. The van der Waals surface area contributed by atoms with E-state index in [-0.39, 0.29) is 6.09 Å². The van der Waals surface area contributed by atoms with Crippen LogP contribution in [0.3, 0.4) is 0 Å². The van der Waals surface area contributed by atoms with E-state index in [9.17, 15) is 4.79 Å². The molecule has 0 radical (unpaired) electrons. The summed E-state index contributed by atoms with van der Waals surface area (Å²) < 4.78 is 5.49. The number of aromatic nitrogens is 2. The first kappa shape index (κ1) is 16.8. The number of carbonyl (C=O) groups excluding carboxylic acids is 1. The second kappa shape index (κ2) is 6.13. The topological polar surface area (TPSA) is 58.2 Å². The summed E-state index contributed by atoms with van der Waals surface area (Å²) in [6.07, 6.45) is 0.460. The van der Waals surface area contributed by atoms with Gasteiger partial charge in [0, 0.05) is 34.8 Å². The van der Waals surface area contributed by atoms with Crippen molar-refractivity contribution in [3.63, 3.8) is 0 Å². The molecule has 1 amide bonds. The molecule has 6 heteroatoms. The largest absolute Gasteiger partial charge is 0.444 e. The molecule has 1 N–H and O–H groups in total. The van der Waals surface area contributed by atoms with Gasteiger partial charge in [-0.2, -0.15) is 5.10 Å². The quantitative estimate of drug-likeness (QED) is 0.835. The molecule has 0 saturated carbocycles. The Kier molecular flexibility index (Phi) is 4.30. The number of hydrogen-bond donors (Lipinski definition) is 1. The summed E-state index contributed by atoms with van der Waals surface area (Å²) in [5, 5.41) is 8.30. The van der Waals surface area contributed by atoms with Gasteiger partial charge in [-0.25, -0.2) is 4.79 Å². The van der Waals surface area contributed by atoms with Crippen LogP contribution in [0.2, 0.25) is 5.02 Å². The Balaban J connectivity index is 1.87. The first-order valence-electron chi connectivity index (χ1n) is 8.05. The summed E-state index contributed by atoms with van der Waals surface area (Å²) in [6, 6.07) is 5.85. The number of halogens is 1. The molecule has 5 nitrogen and oxygen atoms in total. The van der Waals surface area contributed by atoms with E-state index in [0.29, 0.717) is 13.1 Å².